The van der Waals surface area contributed by atoms with E-state index >= 15 is 0 Å². The average molecular weight is 631 g/mol. The fourth-order valence-electron chi connectivity index (χ4n) is 5.06. The van der Waals surface area contributed by atoms with Gasteiger partial charge in [-0.05, 0) is 51.0 Å². The number of benzene rings is 1. The Morgan fingerprint density at radius 3 is 2.25 bits per heavy atom. The van der Waals surface area contributed by atoms with Crippen molar-refractivity contribution >= 4 is 40.7 Å². The van der Waals surface area contributed by atoms with Gasteiger partial charge in [-0.25, -0.2) is 4.79 Å². The zero-order valence-corrected chi connectivity index (χ0v) is 28.1. The second kappa shape index (κ2) is 17.2. The van der Waals surface area contributed by atoms with Crippen LogP contribution in [0, 0.1) is 12.3 Å². The highest BCUT2D eigenvalue weighted by Crippen LogP contribution is 2.31. The molecule has 0 radical (unpaired) electrons. The van der Waals surface area contributed by atoms with Crippen LogP contribution in [0.15, 0.2) is 35.9 Å². The zero-order chi connectivity index (χ0) is 33.0. The molecule has 4 N–H and O–H groups in total. The molecule has 1 aromatic carbocycles. The average Bonchev–Trinajstić information content (AvgIpc) is 3.45. The Balaban J connectivity index is 2.38. The fourth-order valence-corrected chi connectivity index (χ4v) is 6.11. The number of thioether (sulfide) groups is 1. The second-order valence-electron chi connectivity index (χ2n) is 12.6. The number of nitrogens with zero attached hydrogens (tertiary/aromatic N) is 1. The number of nitrogens with one attached hydrogen (secondary N) is 2. The second-order valence-corrected chi connectivity index (χ2v) is 13.9. The third-order valence-corrected chi connectivity index (χ3v) is 8.83. The van der Waals surface area contributed by atoms with Gasteiger partial charge >= 0.3 is 5.97 Å². The number of primary amides is 1. The standard InChI is InChI=1S/C33H50N4O6S/c1-8-43-31(41)22(3)19-24(17-18-27(34)38)35-29(39)26(20-23-15-13-21(2)14-16-23)37(7)30(40)28(33(4,5)6)36-32(42)44-25-11-9-10-12-25/h13-16,19,24-26,28H,8-12,17-18,20H2,1-7H3,(H2,34,38)(H,35,39)(H,36,42)/b22-19+/t24-,26-,28+/m0/s1. The molecule has 0 bridgehead atoms. The molecule has 0 unspecified atom stereocenters. The Hall–Kier alpha value is -3.34. The highest BCUT2D eigenvalue weighted by molar-refractivity contribution is 8.14. The lowest BCUT2D eigenvalue weighted by atomic mass is 9.85. The van der Waals surface area contributed by atoms with Crippen LogP contribution in [0.1, 0.15) is 84.3 Å². The van der Waals surface area contributed by atoms with E-state index in [2.05, 4.69) is 10.6 Å². The Morgan fingerprint density at radius 1 is 1.09 bits per heavy atom. The van der Waals surface area contributed by atoms with E-state index in [4.69, 9.17) is 10.5 Å². The molecule has 0 heterocycles. The van der Waals surface area contributed by atoms with Crippen LogP contribution in [0.2, 0.25) is 0 Å². The summed E-state index contributed by atoms with van der Waals surface area (Å²) in [5, 5.41) is 5.86. The summed E-state index contributed by atoms with van der Waals surface area (Å²) >= 11 is 1.24. The molecule has 1 aromatic rings. The lowest BCUT2D eigenvalue weighted by molar-refractivity contribution is -0.142. The number of likely N-dealkylation sites (N-methyl/N-ethyl adjacent to an activating group) is 1. The van der Waals surface area contributed by atoms with Crippen molar-refractivity contribution in [2.75, 3.05) is 13.7 Å². The molecule has 4 amide bonds. The quantitative estimate of drug-likeness (QED) is 0.204. The van der Waals surface area contributed by atoms with E-state index in [1.54, 1.807) is 27.0 Å². The third kappa shape index (κ3) is 12.0. The number of esters is 1. The molecule has 10 nitrogen and oxygen atoms in total. The summed E-state index contributed by atoms with van der Waals surface area (Å²) in [4.78, 5) is 66.3. The largest absolute Gasteiger partial charge is 0.463 e. The molecular formula is C33H50N4O6S. The molecule has 2 rings (SSSR count). The molecule has 3 atom stereocenters. The molecule has 0 spiro atoms. The van der Waals surface area contributed by atoms with Crippen molar-refractivity contribution in [2.45, 2.75) is 110 Å². The summed E-state index contributed by atoms with van der Waals surface area (Å²) in [5.41, 5.74) is 6.92. The Labute approximate surface area is 266 Å². The van der Waals surface area contributed by atoms with Crippen molar-refractivity contribution < 1.29 is 28.7 Å². The topological polar surface area (TPSA) is 148 Å². The molecule has 0 saturated heterocycles. The molecule has 244 valence electrons. The van der Waals surface area contributed by atoms with E-state index in [0.29, 0.717) is 0 Å². The molecule has 1 aliphatic carbocycles. The van der Waals surface area contributed by atoms with Crippen LogP contribution in [-0.2, 0) is 30.3 Å². The van der Waals surface area contributed by atoms with Crippen LogP contribution in [-0.4, -0.2) is 70.9 Å². The predicted molar refractivity (Wildman–Crippen MR) is 174 cm³/mol. The number of hydrogen-bond donors (Lipinski definition) is 3. The highest BCUT2D eigenvalue weighted by atomic mass is 32.2. The number of ether oxygens (including phenoxy) is 1. The molecule has 11 heteroatoms. The number of aryl methyl sites for hydroxylation is 1. The number of amides is 4. The van der Waals surface area contributed by atoms with E-state index in [1.165, 1.54) is 16.7 Å². The first-order valence-electron chi connectivity index (χ1n) is 15.4. The molecular weight excluding hydrogens is 580 g/mol. The summed E-state index contributed by atoms with van der Waals surface area (Å²) in [5.74, 6) is -1.94. The van der Waals surface area contributed by atoms with Gasteiger partial charge < -0.3 is 26.0 Å². The minimum Gasteiger partial charge on any atom is -0.463 e. The maximum atomic E-state index is 14.1. The first kappa shape index (κ1) is 36.8. The van der Waals surface area contributed by atoms with Gasteiger partial charge in [0.1, 0.15) is 12.1 Å². The van der Waals surface area contributed by atoms with E-state index in [-0.39, 0.29) is 41.9 Å². The predicted octanol–water partition coefficient (Wildman–Crippen LogP) is 4.42. The van der Waals surface area contributed by atoms with Crippen LogP contribution < -0.4 is 16.4 Å². The summed E-state index contributed by atoms with van der Waals surface area (Å²) in [6.07, 6.45) is 6.04. The Kier molecular flexibility index (Phi) is 14.4. The van der Waals surface area contributed by atoms with Crippen molar-refractivity contribution in [1.82, 2.24) is 15.5 Å². The number of carbonyl (C=O) groups excluding carboxylic acids is 5. The van der Waals surface area contributed by atoms with Crippen LogP contribution in [0.25, 0.3) is 0 Å². The lowest BCUT2D eigenvalue weighted by Crippen LogP contribution is -2.59. The van der Waals surface area contributed by atoms with Gasteiger partial charge in [-0.1, -0.05) is 81.3 Å². The summed E-state index contributed by atoms with van der Waals surface area (Å²) in [6, 6.07) is 5.14. The van der Waals surface area contributed by atoms with Gasteiger partial charge in [0.2, 0.25) is 17.7 Å². The third-order valence-electron chi connectivity index (χ3n) is 7.70. The van der Waals surface area contributed by atoms with Gasteiger partial charge in [0, 0.05) is 36.8 Å². The minimum atomic E-state index is -0.957. The van der Waals surface area contributed by atoms with Gasteiger partial charge in [-0.3, -0.25) is 19.2 Å². The number of rotatable bonds is 14. The maximum absolute atomic E-state index is 14.1. The van der Waals surface area contributed by atoms with Gasteiger partial charge in [0.25, 0.3) is 5.24 Å². The molecule has 1 saturated carbocycles. The maximum Gasteiger partial charge on any atom is 0.333 e. The van der Waals surface area contributed by atoms with Crippen LogP contribution >= 0.6 is 11.8 Å². The summed E-state index contributed by atoms with van der Waals surface area (Å²) < 4.78 is 5.07. The van der Waals surface area contributed by atoms with Gasteiger partial charge in [-0.15, -0.1) is 0 Å². The van der Waals surface area contributed by atoms with E-state index in [9.17, 15) is 24.0 Å². The Morgan fingerprint density at radius 2 is 1.70 bits per heavy atom. The monoisotopic (exact) mass is 630 g/mol. The molecule has 0 aromatic heterocycles. The van der Waals surface area contributed by atoms with Crippen molar-refractivity contribution in [1.29, 1.82) is 0 Å². The van der Waals surface area contributed by atoms with Gasteiger partial charge in [0.15, 0.2) is 0 Å². The molecule has 1 fully saturated rings. The summed E-state index contributed by atoms with van der Waals surface area (Å²) in [7, 11) is 1.56. The van der Waals surface area contributed by atoms with Crippen molar-refractivity contribution in [3.63, 3.8) is 0 Å². The van der Waals surface area contributed by atoms with Gasteiger partial charge in [-0.2, -0.15) is 0 Å². The molecule has 1 aliphatic rings. The summed E-state index contributed by atoms with van der Waals surface area (Å²) in [6.45, 7) is 11.1. The highest BCUT2D eigenvalue weighted by Gasteiger charge is 2.39. The van der Waals surface area contributed by atoms with Gasteiger partial charge in [0.05, 0.1) is 6.61 Å². The van der Waals surface area contributed by atoms with Crippen LogP contribution in [0.4, 0.5) is 4.79 Å². The Bertz CT molecular complexity index is 1190. The lowest BCUT2D eigenvalue weighted by Gasteiger charge is -2.36. The van der Waals surface area contributed by atoms with E-state index < -0.39 is 47.2 Å². The number of carbonyl (C=O) groups is 5. The van der Waals surface area contributed by atoms with E-state index in [1.807, 2.05) is 52.0 Å². The first-order valence-corrected chi connectivity index (χ1v) is 16.2. The van der Waals surface area contributed by atoms with Crippen molar-refractivity contribution in [2.24, 2.45) is 11.1 Å². The van der Waals surface area contributed by atoms with E-state index in [0.717, 1.165) is 36.8 Å². The first-order chi connectivity index (χ1) is 20.6. The molecule has 44 heavy (non-hydrogen) atoms. The fraction of sp³-hybridized carbons (Fsp3) is 0.606. The van der Waals surface area contributed by atoms with Crippen molar-refractivity contribution in [3.05, 3.63) is 47.0 Å². The zero-order valence-electron chi connectivity index (χ0n) is 27.2. The number of hydrogen-bond acceptors (Lipinski definition) is 7. The van der Waals surface area contributed by atoms with Crippen LogP contribution in [0.3, 0.4) is 0 Å². The number of nitrogens with two attached hydrogens (primary N) is 1. The van der Waals surface area contributed by atoms with Crippen LogP contribution in [0.5, 0.6) is 0 Å². The van der Waals surface area contributed by atoms with Crippen molar-refractivity contribution in [3.8, 4) is 0 Å². The SMILES string of the molecule is CCOC(=O)/C(C)=C/[C@H](CCC(N)=O)NC(=O)[C@H](Cc1ccc(C)cc1)N(C)C(=O)[C@@H](NC(=O)SC1CCCC1)C(C)(C)C. The molecule has 0 aliphatic heterocycles. The smallest absolute Gasteiger partial charge is 0.333 e. The minimum absolute atomic E-state index is 0.0221. The normalized spacial score (nSPS) is 16.0.